The van der Waals surface area contributed by atoms with Crippen LogP contribution in [0.5, 0.6) is 11.5 Å². The number of rotatable bonds is 1. The van der Waals surface area contributed by atoms with E-state index in [2.05, 4.69) is 6.58 Å². The van der Waals surface area contributed by atoms with E-state index < -0.39 is 11.9 Å². The fourth-order valence-corrected chi connectivity index (χ4v) is 1.30. The second-order valence-corrected chi connectivity index (χ2v) is 3.05. The van der Waals surface area contributed by atoms with Gasteiger partial charge in [-0.2, -0.15) is 0 Å². The van der Waals surface area contributed by atoms with Gasteiger partial charge in [0.15, 0.2) is 11.5 Å². The Bertz CT molecular complexity index is 500. The van der Waals surface area contributed by atoms with Gasteiger partial charge < -0.3 is 9.47 Å². The SMILES string of the molecule is C=Cc1cccc2c1OC(=O)/C=C\C(=O)O2. The third kappa shape index (κ3) is 1.86. The maximum Gasteiger partial charge on any atom is 0.336 e. The molecule has 1 heterocycles. The number of ether oxygens (including phenoxy) is 2. The number of hydrogen-bond donors (Lipinski definition) is 0. The van der Waals surface area contributed by atoms with E-state index in [-0.39, 0.29) is 11.5 Å². The van der Waals surface area contributed by atoms with Crippen molar-refractivity contribution in [2.45, 2.75) is 0 Å². The minimum Gasteiger partial charge on any atom is -0.419 e. The predicted octanol–water partition coefficient (Wildman–Crippen LogP) is 1.71. The summed E-state index contributed by atoms with van der Waals surface area (Å²) in [6.45, 7) is 3.59. The van der Waals surface area contributed by atoms with E-state index in [1.807, 2.05) is 0 Å². The molecule has 0 fully saturated rings. The fraction of sp³-hybridized carbons (Fsp3) is 0. The van der Waals surface area contributed by atoms with Gasteiger partial charge >= 0.3 is 11.9 Å². The van der Waals surface area contributed by atoms with Crippen LogP contribution >= 0.6 is 0 Å². The lowest BCUT2D eigenvalue weighted by Gasteiger charge is -2.12. The van der Waals surface area contributed by atoms with E-state index in [0.29, 0.717) is 5.56 Å². The molecule has 0 spiro atoms. The van der Waals surface area contributed by atoms with Gasteiger partial charge in [-0.05, 0) is 6.07 Å². The van der Waals surface area contributed by atoms with Crippen molar-refractivity contribution in [3.05, 3.63) is 42.5 Å². The molecule has 16 heavy (non-hydrogen) atoms. The summed E-state index contributed by atoms with van der Waals surface area (Å²) >= 11 is 0. The lowest BCUT2D eigenvalue weighted by atomic mass is 10.2. The normalized spacial score (nSPS) is 16.2. The van der Waals surface area contributed by atoms with Crippen LogP contribution in [0.2, 0.25) is 0 Å². The molecule has 1 aromatic carbocycles. The lowest BCUT2D eigenvalue weighted by Crippen LogP contribution is -2.14. The Hall–Kier alpha value is -2.36. The molecule has 0 atom stereocenters. The smallest absolute Gasteiger partial charge is 0.336 e. The zero-order chi connectivity index (χ0) is 11.5. The van der Waals surface area contributed by atoms with Crippen molar-refractivity contribution >= 4 is 18.0 Å². The molecule has 1 aliphatic heterocycles. The fourth-order valence-electron chi connectivity index (χ4n) is 1.30. The van der Waals surface area contributed by atoms with E-state index in [4.69, 9.17) is 9.47 Å². The molecule has 1 aliphatic rings. The van der Waals surface area contributed by atoms with Gasteiger partial charge in [-0.3, -0.25) is 0 Å². The zero-order valence-electron chi connectivity index (χ0n) is 8.30. The van der Waals surface area contributed by atoms with Crippen LogP contribution in [-0.2, 0) is 9.59 Å². The first kappa shape index (κ1) is 10.2. The Balaban J connectivity index is 2.55. The van der Waals surface area contributed by atoms with Crippen LogP contribution in [0.25, 0.3) is 6.08 Å². The number of hydrogen-bond acceptors (Lipinski definition) is 4. The van der Waals surface area contributed by atoms with E-state index in [1.165, 1.54) is 6.08 Å². The molecule has 0 aliphatic carbocycles. The number of carbonyl (C=O) groups excluding carboxylic acids is 2. The quantitative estimate of drug-likeness (QED) is 0.529. The van der Waals surface area contributed by atoms with E-state index in [9.17, 15) is 9.59 Å². The number of esters is 2. The largest absolute Gasteiger partial charge is 0.419 e. The van der Waals surface area contributed by atoms with Crippen LogP contribution in [-0.4, -0.2) is 11.9 Å². The molecule has 0 saturated heterocycles. The van der Waals surface area contributed by atoms with Crippen molar-refractivity contribution in [2.24, 2.45) is 0 Å². The highest BCUT2D eigenvalue weighted by Crippen LogP contribution is 2.33. The van der Waals surface area contributed by atoms with Gasteiger partial charge in [0.1, 0.15) is 0 Å². The molecule has 4 heteroatoms. The summed E-state index contributed by atoms with van der Waals surface area (Å²) in [7, 11) is 0. The van der Waals surface area contributed by atoms with Crippen LogP contribution < -0.4 is 9.47 Å². The molecule has 0 radical (unpaired) electrons. The zero-order valence-corrected chi connectivity index (χ0v) is 8.30. The van der Waals surface area contributed by atoms with Crippen molar-refractivity contribution in [3.8, 4) is 11.5 Å². The van der Waals surface area contributed by atoms with E-state index >= 15 is 0 Å². The maximum absolute atomic E-state index is 11.3. The Morgan fingerprint density at radius 1 is 1.06 bits per heavy atom. The summed E-state index contributed by atoms with van der Waals surface area (Å²) in [5, 5.41) is 0. The predicted molar refractivity (Wildman–Crippen MR) is 56.9 cm³/mol. The van der Waals surface area contributed by atoms with Crippen LogP contribution in [0.1, 0.15) is 5.56 Å². The van der Waals surface area contributed by atoms with Crippen LogP contribution in [0.4, 0.5) is 0 Å². The first-order valence-electron chi connectivity index (χ1n) is 4.58. The third-order valence-corrected chi connectivity index (χ3v) is 2.00. The topological polar surface area (TPSA) is 52.6 Å². The molecule has 1 aromatic rings. The Labute approximate surface area is 91.8 Å². The van der Waals surface area contributed by atoms with Crippen molar-refractivity contribution in [2.75, 3.05) is 0 Å². The summed E-state index contributed by atoms with van der Waals surface area (Å²) in [6, 6.07) is 4.94. The molecule has 0 aromatic heterocycles. The number of para-hydroxylation sites is 1. The number of carbonyl (C=O) groups is 2. The molecule has 0 saturated carbocycles. The molecule has 0 unspecified atom stereocenters. The van der Waals surface area contributed by atoms with Gasteiger partial charge in [0.05, 0.1) is 0 Å². The molecule has 0 bridgehead atoms. The van der Waals surface area contributed by atoms with Gasteiger partial charge in [0.25, 0.3) is 0 Å². The van der Waals surface area contributed by atoms with Gasteiger partial charge in [-0.1, -0.05) is 24.8 Å². The standard InChI is InChI=1S/C12H8O4/c1-2-8-4-3-5-9-12(8)16-11(14)7-6-10(13)15-9/h2-7H,1H2/b7-6-. The summed E-state index contributed by atoms with van der Waals surface area (Å²) in [4.78, 5) is 22.5. The molecule has 0 amide bonds. The van der Waals surface area contributed by atoms with Crippen molar-refractivity contribution < 1.29 is 19.1 Å². The Morgan fingerprint density at radius 3 is 2.44 bits per heavy atom. The Kier molecular flexibility index (Phi) is 2.55. The summed E-state index contributed by atoms with van der Waals surface area (Å²) in [5.41, 5.74) is 0.592. The van der Waals surface area contributed by atoms with Crippen molar-refractivity contribution in [1.82, 2.24) is 0 Å². The molecule has 2 rings (SSSR count). The minimum atomic E-state index is -0.618. The van der Waals surface area contributed by atoms with Gasteiger partial charge in [0, 0.05) is 17.7 Å². The number of benzene rings is 1. The average molecular weight is 216 g/mol. The van der Waals surface area contributed by atoms with E-state index in [1.54, 1.807) is 18.2 Å². The molecular weight excluding hydrogens is 208 g/mol. The first-order chi connectivity index (χ1) is 7.70. The second-order valence-electron chi connectivity index (χ2n) is 3.05. The first-order valence-corrected chi connectivity index (χ1v) is 4.58. The van der Waals surface area contributed by atoms with Gasteiger partial charge in [-0.15, -0.1) is 0 Å². The van der Waals surface area contributed by atoms with Crippen LogP contribution in [0.15, 0.2) is 36.9 Å². The van der Waals surface area contributed by atoms with Crippen molar-refractivity contribution in [3.63, 3.8) is 0 Å². The lowest BCUT2D eigenvalue weighted by molar-refractivity contribution is -0.133. The molecule has 80 valence electrons. The summed E-state index contributed by atoms with van der Waals surface area (Å²) in [5.74, 6) is -0.813. The van der Waals surface area contributed by atoms with Crippen LogP contribution in [0.3, 0.4) is 0 Å². The average Bonchev–Trinajstić information content (AvgIpc) is 2.27. The molecule has 4 nitrogen and oxygen atoms in total. The van der Waals surface area contributed by atoms with Gasteiger partial charge in [0.2, 0.25) is 0 Å². The minimum absolute atomic E-state index is 0.208. The monoisotopic (exact) mass is 216 g/mol. The van der Waals surface area contributed by atoms with Crippen molar-refractivity contribution in [1.29, 1.82) is 0 Å². The maximum atomic E-state index is 11.3. The highest BCUT2D eigenvalue weighted by molar-refractivity contribution is 5.95. The molecule has 0 N–H and O–H groups in total. The highest BCUT2D eigenvalue weighted by Gasteiger charge is 2.17. The Morgan fingerprint density at radius 2 is 1.75 bits per heavy atom. The summed E-state index contributed by atoms with van der Waals surface area (Å²) in [6.07, 6.45) is 3.56. The number of fused-ring (bicyclic) bond motifs is 1. The molecular formula is C12H8O4. The van der Waals surface area contributed by atoms with E-state index in [0.717, 1.165) is 12.2 Å². The third-order valence-electron chi connectivity index (χ3n) is 2.00. The van der Waals surface area contributed by atoms with Crippen LogP contribution in [0, 0.1) is 0 Å². The second kappa shape index (κ2) is 4.02. The summed E-state index contributed by atoms with van der Waals surface area (Å²) < 4.78 is 10.0. The van der Waals surface area contributed by atoms with Gasteiger partial charge in [-0.25, -0.2) is 9.59 Å². The highest BCUT2D eigenvalue weighted by atomic mass is 16.6.